The summed E-state index contributed by atoms with van der Waals surface area (Å²) >= 11 is 3.45. The Morgan fingerprint density at radius 1 is 1.33 bits per heavy atom. The van der Waals surface area contributed by atoms with Crippen molar-refractivity contribution >= 4 is 40.0 Å². The molecule has 1 atom stereocenters. The summed E-state index contributed by atoms with van der Waals surface area (Å²) < 4.78 is 7.17. The van der Waals surface area contributed by atoms with Crippen molar-refractivity contribution in [2.24, 2.45) is 5.73 Å². The zero-order valence-electron chi connectivity index (χ0n) is 13.1. The fraction of sp³-hybridized carbons (Fsp3) is 0.278. The van der Waals surface area contributed by atoms with Gasteiger partial charge in [-0.2, -0.15) is 0 Å². The summed E-state index contributed by atoms with van der Waals surface area (Å²) in [4.78, 5) is 14.7. The molecule has 1 aliphatic rings. The van der Waals surface area contributed by atoms with Crippen molar-refractivity contribution in [2.75, 3.05) is 13.1 Å². The molecule has 1 aliphatic heterocycles. The highest BCUT2D eigenvalue weighted by molar-refractivity contribution is 8.00. The highest BCUT2D eigenvalue weighted by atomic mass is 32.2. The second-order valence-electron chi connectivity index (χ2n) is 5.93. The van der Waals surface area contributed by atoms with Gasteiger partial charge in [-0.25, -0.2) is 0 Å². The summed E-state index contributed by atoms with van der Waals surface area (Å²) in [6.45, 7) is 1.31. The largest absolute Gasteiger partial charge is 0.451 e. The Balaban J connectivity index is 1.68. The van der Waals surface area contributed by atoms with E-state index >= 15 is 0 Å². The van der Waals surface area contributed by atoms with Gasteiger partial charge in [-0.1, -0.05) is 24.3 Å². The Bertz CT molecular complexity index is 857. The number of thioether (sulfide) groups is 1. The molecule has 2 N–H and O–H groups in total. The maximum atomic E-state index is 12.9. The smallest absolute Gasteiger partial charge is 0.289 e. The Morgan fingerprint density at radius 3 is 2.96 bits per heavy atom. The number of thiophene rings is 1. The summed E-state index contributed by atoms with van der Waals surface area (Å²) in [5, 5.41) is 3.08. The lowest BCUT2D eigenvalue weighted by molar-refractivity contribution is 0.0760. The summed E-state index contributed by atoms with van der Waals surface area (Å²) in [5.74, 6) is 1.15. The average molecular weight is 358 g/mol. The van der Waals surface area contributed by atoms with E-state index in [4.69, 9.17) is 10.2 Å². The standard InChI is InChI=1S/C18H18N2O2S2/c19-12-7-8-20(10-12)18(21)17-14(11-24-16-6-3-9-23-16)13-4-1-2-5-15(13)22-17/h1-6,9,12H,7-8,10-11,19H2/t12-/m1/s1. The minimum absolute atomic E-state index is 0.0408. The molecule has 4 nitrogen and oxygen atoms in total. The maximum absolute atomic E-state index is 12.9. The number of hydrogen-bond acceptors (Lipinski definition) is 5. The van der Waals surface area contributed by atoms with E-state index in [0.29, 0.717) is 18.8 Å². The van der Waals surface area contributed by atoms with E-state index in [1.807, 2.05) is 35.2 Å². The second-order valence-corrected chi connectivity index (χ2v) is 8.15. The third kappa shape index (κ3) is 2.97. The molecule has 0 spiro atoms. The van der Waals surface area contributed by atoms with Crippen LogP contribution in [0.2, 0.25) is 0 Å². The number of benzene rings is 1. The molecule has 2 aromatic heterocycles. The van der Waals surface area contributed by atoms with Gasteiger partial charge in [0.15, 0.2) is 5.76 Å². The monoisotopic (exact) mass is 358 g/mol. The van der Waals surface area contributed by atoms with Crippen LogP contribution < -0.4 is 5.73 Å². The number of likely N-dealkylation sites (tertiary alicyclic amines) is 1. The third-order valence-corrected chi connectivity index (χ3v) is 6.42. The van der Waals surface area contributed by atoms with Gasteiger partial charge in [0.2, 0.25) is 0 Å². The predicted octanol–water partition coefficient (Wildman–Crippen LogP) is 3.96. The van der Waals surface area contributed by atoms with Crippen molar-refractivity contribution in [1.29, 1.82) is 0 Å². The van der Waals surface area contributed by atoms with Crippen molar-refractivity contribution < 1.29 is 9.21 Å². The van der Waals surface area contributed by atoms with Gasteiger partial charge in [0.25, 0.3) is 5.91 Å². The van der Waals surface area contributed by atoms with Gasteiger partial charge in [-0.05, 0) is 23.9 Å². The molecule has 0 unspecified atom stereocenters. The lowest BCUT2D eigenvalue weighted by atomic mass is 10.1. The quantitative estimate of drug-likeness (QED) is 0.717. The van der Waals surface area contributed by atoms with Crippen LogP contribution in [-0.4, -0.2) is 29.9 Å². The number of hydrogen-bond donors (Lipinski definition) is 1. The molecule has 1 amide bonds. The van der Waals surface area contributed by atoms with Crippen LogP contribution in [0.5, 0.6) is 0 Å². The van der Waals surface area contributed by atoms with Crippen LogP contribution in [0.15, 0.2) is 50.4 Å². The second kappa shape index (κ2) is 6.63. The van der Waals surface area contributed by atoms with Crippen LogP contribution in [0.4, 0.5) is 0 Å². The van der Waals surface area contributed by atoms with Gasteiger partial charge in [0, 0.05) is 35.8 Å². The molecule has 4 rings (SSSR count). The lowest BCUT2D eigenvalue weighted by Gasteiger charge is -2.14. The number of furan rings is 1. The molecule has 1 aromatic carbocycles. The van der Waals surface area contributed by atoms with Crippen LogP contribution in [0.25, 0.3) is 11.0 Å². The first-order valence-corrected chi connectivity index (χ1v) is 9.80. The van der Waals surface area contributed by atoms with Crippen LogP contribution in [-0.2, 0) is 5.75 Å². The van der Waals surface area contributed by atoms with E-state index in [2.05, 4.69) is 11.4 Å². The molecule has 0 saturated carbocycles. The summed E-state index contributed by atoms with van der Waals surface area (Å²) in [7, 11) is 0. The maximum Gasteiger partial charge on any atom is 0.289 e. The molecule has 0 bridgehead atoms. The van der Waals surface area contributed by atoms with Crippen LogP contribution in [0, 0.1) is 0 Å². The van der Waals surface area contributed by atoms with E-state index in [0.717, 1.165) is 28.7 Å². The molecule has 24 heavy (non-hydrogen) atoms. The Hall–Kier alpha value is -1.76. The van der Waals surface area contributed by atoms with Crippen molar-refractivity contribution in [2.45, 2.75) is 22.4 Å². The fourth-order valence-electron chi connectivity index (χ4n) is 3.02. The first-order chi connectivity index (χ1) is 11.7. The minimum Gasteiger partial charge on any atom is -0.451 e. The predicted molar refractivity (Wildman–Crippen MR) is 98.6 cm³/mol. The normalized spacial score (nSPS) is 17.7. The zero-order chi connectivity index (χ0) is 16.5. The number of rotatable bonds is 4. The van der Waals surface area contributed by atoms with E-state index in [9.17, 15) is 4.79 Å². The average Bonchev–Trinajstić information content (AvgIpc) is 3.31. The Labute approximate surface area is 148 Å². The topological polar surface area (TPSA) is 59.5 Å². The van der Waals surface area contributed by atoms with Gasteiger partial charge in [0.05, 0.1) is 4.21 Å². The number of nitrogens with two attached hydrogens (primary N) is 1. The molecule has 0 radical (unpaired) electrons. The zero-order valence-corrected chi connectivity index (χ0v) is 14.7. The molecule has 124 valence electrons. The minimum atomic E-state index is -0.0408. The van der Waals surface area contributed by atoms with Crippen LogP contribution >= 0.6 is 23.1 Å². The number of fused-ring (bicyclic) bond motifs is 1. The Morgan fingerprint density at radius 2 is 2.21 bits per heavy atom. The molecule has 3 heterocycles. The van der Waals surface area contributed by atoms with E-state index in [1.165, 1.54) is 4.21 Å². The van der Waals surface area contributed by atoms with Crippen molar-refractivity contribution in [3.63, 3.8) is 0 Å². The summed E-state index contributed by atoms with van der Waals surface area (Å²) in [6.07, 6.45) is 0.852. The number of carbonyl (C=O) groups is 1. The van der Waals surface area contributed by atoms with Gasteiger partial charge in [0.1, 0.15) is 5.58 Å². The van der Waals surface area contributed by atoms with Gasteiger partial charge in [-0.3, -0.25) is 4.79 Å². The van der Waals surface area contributed by atoms with Crippen LogP contribution in [0.1, 0.15) is 22.5 Å². The van der Waals surface area contributed by atoms with Crippen LogP contribution in [0.3, 0.4) is 0 Å². The van der Waals surface area contributed by atoms with Gasteiger partial charge >= 0.3 is 0 Å². The van der Waals surface area contributed by atoms with Crippen molar-refractivity contribution in [1.82, 2.24) is 4.90 Å². The molecular formula is C18H18N2O2S2. The Kier molecular flexibility index (Phi) is 4.35. The number of nitrogens with zero attached hydrogens (tertiary/aromatic N) is 1. The molecular weight excluding hydrogens is 340 g/mol. The first-order valence-electron chi connectivity index (χ1n) is 7.94. The van der Waals surface area contributed by atoms with E-state index in [1.54, 1.807) is 23.1 Å². The fourth-order valence-corrected chi connectivity index (χ4v) is 4.83. The number of para-hydroxylation sites is 1. The number of amides is 1. The number of carbonyl (C=O) groups excluding carboxylic acids is 1. The third-order valence-electron chi connectivity index (χ3n) is 4.26. The highest BCUT2D eigenvalue weighted by Crippen LogP contribution is 2.34. The molecule has 3 aromatic rings. The SMILES string of the molecule is N[C@@H]1CCN(C(=O)c2oc3ccccc3c2CSc2cccs2)C1. The summed E-state index contributed by atoms with van der Waals surface area (Å²) in [5.41, 5.74) is 7.70. The van der Waals surface area contributed by atoms with E-state index in [-0.39, 0.29) is 11.9 Å². The molecule has 0 aliphatic carbocycles. The first kappa shape index (κ1) is 15.7. The van der Waals surface area contributed by atoms with Gasteiger partial charge in [-0.15, -0.1) is 23.1 Å². The van der Waals surface area contributed by atoms with E-state index < -0.39 is 0 Å². The summed E-state index contributed by atoms with van der Waals surface area (Å²) in [6, 6.07) is 12.1. The van der Waals surface area contributed by atoms with Gasteiger partial charge < -0.3 is 15.1 Å². The molecule has 1 saturated heterocycles. The van der Waals surface area contributed by atoms with Crippen molar-refractivity contribution in [3.8, 4) is 0 Å². The molecule has 1 fully saturated rings. The molecule has 6 heteroatoms. The van der Waals surface area contributed by atoms with Crippen molar-refractivity contribution in [3.05, 3.63) is 53.1 Å². The lowest BCUT2D eigenvalue weighted by Crippen LogP contribution is -2.32. The highest BCUT2D eigenvalue weighted by Gasteiger charge is 2.29.